The zero-order chi connectivity index (χ0) is 15.6. The van der Waals surface area contributed by atoms with E-state index >= 15 is 0 Å². The van der Waals surface area contributed by atoms with Crippen molar-refractivity contribution in [1.82, 2.24) is 14.9 Å². The lowest BCUT2D eigenvalue weighted by atomic mass is 10.2. The quantitative estimate of drug-likeness (QED) is 0.850. The van der Waals surface area contributed by atoms with Crippen LogP contribution in [0.1, 0.15) is 18.5 Å². The fourth-order valence-electron chi connectivity index (χ4n) is 2.87. The minimum Gasteiger partial charge on any atom is -0.377 e. The molecule has 1 aromatic heterocycles. The lowest BCUT2D eigenvalue weighted by molar-refractivity contribution is -0.141. The molecule has 2 fully saturated rings. The number of piperazine rings is 1. The molecule has 0 amide bonds. The number of ether oxygens (including phenoxy) is 1. The van der Waals surface area contributed by atoms with Gasteiger partial charge in [-0.15, -0.1) is 0 Å². The zero-order valence-corrected chi connectivity index (χ0v) is 12.2. The molecule has 1 aromatic rings. The maximum Gasteiger partial charge on any atom is 0.433 e. The Bertz CT molecular complexity index is 497. The molecule has 1 unspecified atom stereocenters. The second kappa shape index (κ2) is 6.37. The highest BCUT2D eigenvalue weighted by Crippen LogP contribution is 2.28. The van der Waals surface area contributed by atoms with E-state index in [2.05, 4.69) is 14.9 Å². The molecule has 122 valence electrons. The van der Waals surface area contributed by atoms with Crippen LogP contribution in [0.2, 0.25) is 0 Å². The van der Waals surface area contributed by atoms with Crippen LogP contribution >= 0.6 is 0 Å². The summed E-state index contributed by atoms with van der Waals surface area (Å²) < 4.78 is 43.7. The van der Waals surface area contributed by atoms with Gasteiger partial charge in [0, 0.05) is 45.5 Å². The highest BCUT2D eigenvalue weighted by atomic mass is 19.4. The Morgan fingerprint density at radius 3 is 2.64 bits per heavy atom. The van der Waals surface area contributed by atoms with E-state index in [9.17, 15) is 13.2 Å². The van der Waals surface area contributed by atoms with Gasteiger partial charge in [-0.25, -0.2) is 9.97 Å². The van der Waals surface area contributed by atoms with E-state index in [1.165, 1.54) is 6.20 Å². The standard InChI is InChI=1S/C14H19F3N4O/c15-14(16,17)12-3-4-18-13(19-12)21-7-5-20(6-8-21)10-11-2-1-9-22-11/h3-4,11H,1-2,5-10H2. The summed E-state index contributed by atoms with van der Waals surface area (Å²) in [6.07, 6.45) is -0.751. The van der Waals surface area contributed by atoms with Gasteiger partial charge in [0.05, 0.1) is 6.10 Å². The molecule has 8 heteroatoms. The predicted molar refractivity (Wildman–Crippen MR) is 74.7 cm³/mol. The van der Waals surface area contributed by atoms with Crippen LogP contribution in [0.5, 0.6) is 0 Å². The molecule has 0 N–H and O–H groups in total. The molecule has 0 saturated carbocycles. The van der Waals surface area contributed by atoms with Crippen molar-refractivity contribution in [1.29, 1.82) is 0 Å². The Morgan fingerprint density at radius 2 is 2.00 bits per heavy atom. The van der Waals surface area contributed by atoms with E-state index in [0.717, 1.165) is 45.1 Å². The summed E-state index contributed by atoms with van der Waals surface area (Å²) in [6.45, 7) is 4.58. The van der Waals surface area contributed by atoms with Gasteiger partial charge < -0.3 is 9.64 Å². The molecular formula is C14H19F3N4O. The number of alkyl halides is 3. The number of anilines is 1. The number of rotatable bonds is 3. The van der Waals surface area contributed by atoms with Gasteiger partial charge in [0.25, 0.3) is 0 Å². The highest BCUT2D eigenvalue weighted by Gasteiger charge is 2.33. The van der Waals surface area contributed by atoms with Crippen molar-refractivity contribution in [2.45, 2.75) is 25.1 Å². The van der Waals surface area contributed by atoms with Crippen LogP contribution in [0.15, 0.2) is 12.3 Å². The third-order valence-corrected chi connectivity index (χ3v) is 4.07. The van der Waals surface area contributed by atoms with Crippen LogP contribution in [0.25, 0.3) is 0 Å². The van der Waals surface area contributed by atoms with E-state index in [-0.39, 0.29) is 5.95 Å². The number of halogens is 3. The van der Waals surface area contributed by atoms with Crippen molar-refractivity contribution in [3.63, 3.8) is 0 Å². The van der Waals surface area contributed by atoms with Gasteiger partial charge >= 0.3 is 6.18 Å². The van der Waals surface area contributed by atoms with E-state index in [1.807, 2.05) is 0 Å². The maximum absolute atomic E-state index is 12.7. The van der Waals surface area contributed by atoms with Gasteiger partial charge in [-0.05, 0) is 18.9 Å². The molecule has 2 aliphatic rings. The van der Waals surface area contributed by atoms with E-state index in [1.54, 1.807) is 4.90 Å². The molecule has 0 spiro atoms. The molecule has 3 heterocycles. The fourth-order valence-corrected chi connectivity index (χ4v) is 2.87. The minimum absolute atomic E-state index is 0.159. The maximum atomic E-state index is 12.7. The molecule has 0 aromatic carbocycles. The molecule has 0 aliphatic carbocycles. The Labute approximate surface area is 127 Å². The molecule has 0 radical (unpaired) electrons. The predicted octanol–water partition coefficient (Wildman–Crippen LogP) is 1.80. The highest BCUT2D eigenvalue weighted by molar-refractivity contribution is 5.31. The van der Waals surface area contributed by atoms with Crippen molar-refractivity contribution in [3.8, 4) is 0 Å². The fraction of sp³-hybridized carbons (Fsp3) is 0.714. The first-order chi connectivity index (χ1) is 10.5. The van der Waals surface area contributed by atoms with Crippen LogP contribution < -0.4 is 4.90 Å². The summed E-state index contributed by atoms with van der Waals surface area (Å²) in [5, 5.41) is 0. The minimum atomic E-state index is -4.43. The van der Waals surface area contributed by atoms with E-state index in [0.29, 0.717) is 19.2 Å². The Kier molecular flexibility index (Phi) is 4.49. The largest absolute Gasteiger partial charge is 0.433 e. The number of aromatic nitrogens is 2. The molecule has 3 rings (SSSR count). The van der Waals surface area contributed by atoms with Crippen molar-refractivity contribution < 1.29 is 17.9 Å². The van der Waals surface area contributed by atoms with Crippen molar-refractivity contribution in [3.05, 3.63) is 18.0 Å². The average molecular weight is 316 g/mol. The summed E-state index contributed by atoms with van der Waals surface area (Å²) in [6, 6.07) is 0.900. The van der Waals surface area contributed by atoms with Gasteiger partial charge in [0.15, 0.2) is 0 Å². The third kappa shape index (κ3) is 3.67. The van der Waals surface area contributed by atoms with Crippen LogP contribution in [-0.2, 0) is 10.9 Å². The van der Waals surface area contributed by atoms with Crippen LogP contribution in [-0.4, -0.2) is 60.3 Å². The summed E-state index contributed by atoms with van der Waals surface area (Å²) >= 11 is 0. The third-order valence-electron chi connectivity index (χ3n) is 4.07. The van der Waals surface area contributed by atoms with Crippen molar-refractivity contribution >= 4 is 5.95 Å². The first kappa shape index (κ1) is 15.5. The lowest BCUT2D eigenvalue weighted by Crippen LogP contribution is -2.49. The van der Waals surface area contributed by atoms with Gasteiger partial charge in [0.1, 0.15) is 5.69 Å². The Hall–Kier alpha value is -1.41. The normalized spacial score (nSPS) is 24.0. The van der Waals surface area contributed by atoms with Gasteiger partial charge in [0.2, 0.25) is 5.95 Å². The van der Waals surface area contributed by atoms with E-state index < -0.39 is 11.9 Å². The van der Waals surface area contributed by atoms with Crippen molar-refractivity contribution in [2.75, 3.05) is 44.2 Å². The Balaban J connectivity index is 1.57. The molecule has 5 nitrogen and oxygen atoms in total. The monoisotopic (exact) mass is 316 g/mol. The first-order valence-corrected chi connectivity index (χ1v) is 7.51. The molecule has 22 heavy (non-hydrogen) atoms. The van der Waals surface area contributed by atoms with Crippen LogP contribution in [0.4, 0.5) is 19.1 Å². The van der Waals surface area contributed by atoms with Gasteiger partial charge in [-0.3, -0.25) is 4.90 Å². The summed E-state index contributed by atoms with van der Waals surface area (Å²) in [5.74, 6) is 0.159. The molecular weight excluding hydrogens is 297 g/mol. The number of nitrogens with zero attached hydrogens (tertiary/aromatic N) is 4. The number of hydrogen-bond acceptors (Lipinski definition) is 5. The van der Waals surface area contributed by atoms with Crippen molar-refractivity contribution in [2.24, 2.45) is 0 Å². The zero-order valence-electron chi connectivity index (χ0n) is 12.2. The van der Waals surface area contributed by atoms with Crippen LogP contribution in [0.3, 0.4) is 0 Å². The topological polar surface area (TPSA) is 41.5 Å². The number of hydrogen-bond donors (Lipinski definition) is 0. The van der Waals surface area contributed by atoms with Gasteiger partial charge in [-0.1, -0.05) is 0 Å². The van der Waals surface area contributed by atoms with Gasteiger partial charge in [-0.2, -0.15) is 13.2 Å². The van der Waals surface area contributed by atoms with Crippen LogP contribution in [0, 0.1) is 0 Å². The first-order valence-electron chi connectivity index (χ1n) is 7.51. The SMILES string of the molecule is FC(F)(F)c1ccnc(N2CCN(CC3CCCO3)CC2)n1. The summed E-state index contributed by atoms with van der Waals surface area (Å²) in [7, 11) is 0. The summed E-state index contributed by atoms with van der Waals surface area (Å²) in [5.41, 5.74) is -0.890. The molecule has 0 bridgehead atoms. The average Bonchev–Trinajstić information content (AvgIpc) is 3.00. The summed E-state index contributed by atoms with van der Waals surface area (Å²) in [4.78, 5) is 11.7. The Morgan fingerprint density at radius 1 is 1.23 bits per heavy atom. The molecule has 1 atom stereocenters. The molecule has 2 aliphatic heterocycles. The second-order valence-corrected chi connectivity index (χ2v) is 5.66. The molecule has 2 saturated heterocycles. The smallest absolute Gasteiger partial charge is 0.377 e. The lowest BCUT2D eigenvalue weighted by Gasteiger charge is -2.35. The van der Waals surface area contributed by atoms with E-state index in [4.69, 9.17) is 4.74 Å². The second-order valence-electron chi connectivity index (χ2n) is 5.66.